The lowest BCUT2D eigenvalue weighted by atomic mass is 10.0. The van der Waals surface area contributed by atoms with Crippen molar-refractivity contribution < 1.29 is 29.0 Å². The number of carboxylic acids is 1. The van der Waals surface area contributed by atoms with E-state index in [0.29, 0.717) is 24.2 Å². The number of carbonyl (C=O) groups excluding carboxylic acids is 2. The molecule has 1 atom stereocenters. The van der Waals surface area contributed by atoms with Crippen molar-refractivity contribution in [2.24, 2.45) is 5.73 Å². The van der Waals surface area contributed by atoms with Crippen LogP contribution in [-0.4, -0.2) is 40.7 Å². The maximum absolute atomic E-state index is 13.4. The second-order valence-corrected chi connectivity index (χ2v) is 10.8. The van der Waals surface area contributed by atoms with E-state index in [2.05, 4.69) is 24.3 Å². The summed E-state index contributed by atoms with van der Waals surface area (Å²) in [5, 5.41) is 9.99. The fourth-order valence-electron chi connectivity index (χ4n) is 6.14. The third kappa shape index (κ3) is 5.49. The van der Waals surface area contributed by atoms with E-state index in [1.54, 1.807) is 0 Å². The van der Waals surface area contributed by atoms with Gasteiger partial charge in [-0.05, 0) is 87.9 Å². The van der Waals surface area contributed by atoms with Crippen LogP contribution in [0.3, 0.4) is 0 Å². The fraction of sp³-hybridized carbons (Fsp3) is 0.229. The molecular formula is C35H32N2O6. The van der Waals surface area contributed by atoms with Crippen LogP contribution in [0.15, 0.2) is 84.9 Å². The Bertz CT molecular complexity index is 1600. The van der Waals surface area contributed by atoms with Crippen molar-refractivity contribution in [1.29, 1.82) is 0 Å². The van der Waals surface area contributed by atoms with Crippen molar-refractivity contribution >= 4 is 18.2 Å². The third-order valence-electron chi connectivity index (χ3n) is 8.27. The van der Waals surface area contributed by atoms with Gasteiger partial charge in [0.25, 0.3) is 0 Å². The zero-order chi connectivity index (χ0) is 29.9. The number of carbonyl (C=O) groups is 3. The second kappa shape index (κ2) is 12.1. The van der Waals surface area contributed by atoms with Gasteiger partial charge < -0.3 is 20.3 Å². The summed E-state index contributed by atoms with van der Waals surface area (Å²) < 4.78 is 11.2. The Morgan fingerprint density at radius 3 is 1.63 bits per heavy atom. The summed E-state index contributed by atoms with van der Waals surface area (Å²) >= 11 is 0. The van der Waals surface area contributed by atoms with Crippen LogP contribution in [0.25, 0.3) is 22.3 Å². The largest absolute Gasteiger partial charge is 0.480 e. The summed E-state index contributed by atoms with van der Waals surface area (Å²) in [6, 6.07) is 26.3. The number of benzene rings is 4. The molecule has 3 N–H and O–H groups in total. The van der Waals surface area contributed by atoms with E-state index in [-0.39, 0.29) is 26.2 Å². The highest BCUT2D eigenvalue weighted by molar-refractivity contribution is 5.93. The van der Waals surface area contributed by atoms with Crippen LogP contribution in [0.4, 0.5) is 9.59 Å². The van der Waals surface area contributed by atoms with Crippen molar-refractivity contribution in [3.63, 3.8) is 0 Å². The molecule has 6 rings (SSSR count). The quantitative estimate of drug-likeness (QED) is 0.207. The number of amides is 2. The van der Waals surface area contributed by atoms with Crippen LogP contribution in [0.1, 0.15) is 46.2 Å². The zero-order valence-corrected chi connectivity index (χ0v) is 23.6. The lowest BCUT2D eigenvalue weighted by Crippen LogP contribution is -2.49. The van der Waals surface area contributed by atoms with Crippen LogP contribution in [0, 0.1) is 0 Å². The number of aliphatic carboxylic acids is 1. The van der Waals surface area contributed by atoms with Gasteiger partial charge in [-0.3, -0.25) is 0 Å². The molecule has 0 radical (unpaired) electrons. The summed E-state index contributed by atoms with van der Waals surface area (Å²) in [5.74, 6) is -1.34. The average Bonchev–Trinajstić information content (AvgIpc) is 3.60. The van der Waals surface area contributed by atoms with E-state index >= 15 is 0 Å². The molecule has 0 spiro atoms. The Morgan fingerprint density at radius 1 is 0.698 bits per heavy atom. The maximum atomic E-state index is 13.4. The lowest BCUT2D eigenvalue weighted by Gasteiger charge is -2.26. The minimum Gasteiger partial charge on any atom is -0.480 e. The molecule has 4 aromatic rings. The molecule has 43 heavy (non-hydrogen) atoms. The molecule has 8 nitrogen and oxygen atoms in total. The molecule has 0 saturated carbocycles. The number of nitrogens with two attached hydrogens (primary N) is 1. The fourth-order valence-corrected chi connectivity index (χ4v) is 6.14. The van der Waals surface area contributed by atoms with Crippen LogP contribution >= 0.6 is 0 Å². The summed E-state index contributed by atoms with van der Waals surface area (Å²) in [6.07, 6.45) is -0.485. The van der Waals surface area contributed by atoms with Crippen LogP contribution in [0.5, 0.6) is 0 Å². The van der Waals surface area contributed by atoms with Crippen molar-refractivity contribution in [1.82, 2.24) is 4.90 Å². The van der Waals surface area contributed by atoms with Gasteiger partial charge in [-0.15, -0.1) is 0 Å². The van der Waals surface area contributed by atoms with E-state index in [9.17, 15) is 19.5 Å². The Labute approximate surface area is 249 Å². The highest BCUT2D eigenvalue weighted by Crippen LogP contribution is 2.39. The van der Waals surface area contributed by atoms with Gasteiger partial charge in [0.05, 0.1) is 0 Å². The number of nitrogens with zero attached hydrogens (tertiary/aromatic N) is 1. The van der Waals surface area contributed by atoms with E-state index in [4.69, 9.17) is 15.2 Å². The molecule has 0 aromatic heterocycles. The Balaban J connectivity index is 1.20. The second-order valence-electron chi connectivity index (χ2n) is 10.8. The number of rotatable bonds is 9. The molecule has 0 fully saturated rings. The predicted molar refractivity (Wildman–Crippen MR) is 161 cm³/mol. The number of carboxylic acid groups (broad SMARTS) is 1. The van der Waals surface area contributed by atoms with Crippen molar-refractivity contribution in [2.75, 3.05) is 6.54 Å². The molecule has 2 aliphatic carbocycles. The first kappa shape index (κ1) is 28.2. The van der Waals surface area contributed by atoms with Crippen molar-refractivity contribution in [3.05, 3.63) is 118 Å². The predicted octanol–water partition coefficient (Wildman–Crippen LogP) is 6.30. The standard InChI is InChI=1S/C35H32N2O6/c36-17-7-16-32(33(38)39)37(34(40)42-20-24-10-5-14-28-26-12-3-1-8-22(26)18-30(24)28)35(41)43-21-25-11-6-15-29-27-13-4-2-9-23(27)19-31(25)29/h1-6,8-15,32H,7,16-21,36H2,(H,38,39)/t32-/m0/s1. The normalized spacial score (nSPS) is 12.9. The molecule has 2 amide bonds. The molecule has 8 heteroatoms. The van der Waals surface area contributed by atoms with Gasteiger partial charge in [0.15, 0.2) is 0 Å². The Hall–Kier alpha value is -4.95. The highest BCUT2D eigenvalue weighted by Gasteiger charge is 2.37. The first-order chi connectivity index (χ1) is 21.0. The molecule has 4 aromatic carbocycles. The lowest BCUT2D eigenvalue weighted by molar-refractivity contribution is -0.142. The minimum absolute atomic E-state index is 0.0257. The monoisotopic (exact) mass is 576 g/mol. The first-order valence-corrected chi connectivity index (χ1v) is 14.4. The summed E-state index contributed by atoms with van der Waals surface area (Å²) in [6.45, 7) is -0.0317. The van der Waals surface area contributed by atoms with Crippen LogP contribution < -0.4 is 5.73 Å². The number of imide groups is 1. The van der Waals surface area contributed by atoms with Gasteiger partial charge in [-0.2, -0.15) is 4.90 Å². The minimum atomic E-state index is -1.49. The number of hydrogen-bond donors (Lipinski definition) is 2. The number of hydrogen-bond acceptors (Lipinski definition) is 6. The molecule has 0 aliphatic heterocycles. The Morgan fingerprint density at radius 2 is 1.16 bits per heavy atom. The molecule has 0 saturated heterocycles. The van der Waals surface area contributed by atoms with Gasteiger partial charge in [0.2, 0.25) is 0 Å². The summed E-state index contributed by atoms with van der Waals surface area (Å²) in [7, 11) is 0. The van der Waals surface area contributed by atoms with E-state index < -0.39 is 24.2 Å². The van der Waals surface area contributed by atoms with E-state index in [1.807, 2.05) is 60.7 Å². The molecule has 2 aliphatic rings. The number of ether oxygens (including phenoxy) is 2. The molecular weight excluding hydrogens is 544 g/mol. The van der Waals surface area contributed by atoms with E-state index in [0.717, 1.165) is 44.5 Å². The first-order valence-electron chi connectivity index (χ1n) is 14.4. The zero-order valence-electron chi connectivity index (χ0n) is 23.6. The van der Waals surface area contributed by atoms with E-state index in [1.165, 1.54) is 11.1 Å². The van der Waals surface area contributed by atoms with Gasteiger partial charge >= 0.3 is 18.2 Å². The molecule has 0 bridgehead atoms. The smallest absolute Gasteiger partial charge is 0.420 e. The highest BCUT2D eigenvalue weighted by atomic mass is 16.6. The van der Waals surface area contributed by atoms with Crippen LogP contribution in [0.2, 0.25) is 0 Å². The van der Waals surface area contributed by atoms with Crippen LogP contribution in [-0.2, 0) is 40.3 Å². The molecule has 0 heterocycles. The summed E-state index contributed by atoms with van der Waals surface area (Å²) in [5.41, 5.74) is 16.1. The summed E-state index contributed by atoms with van der Waals surface area (Å²) in [4.78, 5) is 39.7. The Kier molecular flexibility index (Phi) is 7.94. The number of fused-ring (bicyclic) bond motifs is 6. The van der Waals surface area contributed by atoms with Gasteiger partial charge in [-0.1, -0.05) is 84.9 Å². The van der Waals surface area contributed by atoms with Crippen molar-refractivity contribution in [2.45, 2.75) is 44.9 Å². The van der Waals surface area contributed by atoms with Gasteiger partial charge in [0.1, 0.15) is 19.3 Å². The van der Waals surface area contributed by atoms with Gasteiger partial charge in [-0.25, -0.2) is 14.4 Å². The van der Waals surface area contributed by atoms with Gasteiger partial charge in [0, 0.05) is 0 Å². The third-order valence-corrected chi connectivity index (χ3v) is 8.27. The topological polar surface area (TPSA) is 119 Å². The average molecular weight is 577 g/mol. The molecule has 218 valence electrons. The SMILES string of the molecule is NCCC[C@@H](C(=O)O)N(C(=O)OCc1cccc2c1Cc1ccccc1-2)C(=O)OCc1cccc2c1Cc1ccccc1-2. The maximum Gasteiger partial charge on any atom is 0.420 e. The molecule has 0 unspecified atom stereocenters. The van der Waals surface area contributed by atoms with Crippen molar-refractivity contribution in [3.8, 4) is 22.3 Å².